The first-order valence-electron chi connectivity index (χ1n) is 25.8. The lowest BCUT2D eigenvalue weighted by atomic mass is 10.0. The molecule has 0 aliphatic carbocycles. The quantitative estimate of drug-likeness (QED) is 0.0347. The molecule has 0 rings (SSSR count). The number of esters is 2. The maximum atomic E-state index is 12.8. The van der Waals surface area contributed by atoms with E-state index in [0.717, 1.165) is 83.5 Å². The number of rotatable bonds is 47. The predicted molar refractivity (Wildman–Crippen MR) is 261 cm³/mol. The van der Waals surface area contributed by atoms with Crippen LogP contribution in [0, 0.1) is 0 Å². The number of ether oxygens (including phenoxy) is 3. The lowest BCUT2D eigenvalue weighted by Crippen LogP contribution is -2.30. The summed E-state index contributed by atoms with van der Waals surface area (Å²) in [5.74, 6) is -0.425. The number of allylic oxidation sites excluding steroid dienone is 10. The van der Waals surface area contributed by atoms with Gasteiger partial charge < -0.3 is 14.2 Å². The molecule has 60 heavy (non-hydrogen) atoms. The van der Waals surface area contributed by atoms with Gasteiger partial charge in [0.2, 0.25) is 0 Å². The highest BCUT2D eigenvalue weighted by Crippen LogP contribution is 2.15. The summed E-state index contributed by atoms with van der Waals surface area (Å²) in [4.78, 5) is 25.4. The van der Waals surface area contributed by atoms with Crippen molar-refractivity contribution in [1.82, 2.24) is 0 Å². The van der Waals surface area contributed by atoms with Crippen molar-refractivity contribution in [3.8, 4) is 0 Å². The number of carbonyl (C=O) groups excluding carboxylic acids is 2. The molecular weight excluding hydrogens is 741 g/mol. The standard InChI is InChI=1S/C55H98O5/c1-4-7-10-13-16-19-22-24-26-27-28-29-31-32-34-36-39-42-45-48-54(56)59-52-53(51-58-50-47-44-41-38-21-18-15-12-9-6-3)60-55(57)49-46-43-40-37-35-33-30-25-23-20-17-14-11-8-5-2/h7,10,16,19,24,26,28-29,32,34,53H,4-6,8-9,11-15,17-18,20-23,25,27,30-31,33,35-52H2,1-3H3/b10-7-,19-16-,26-24-,29-28-,34-32-. The highest BCUT2D eigenvalue weighted by Gasteiger charge is 2.17. The van der Waals surface area contributed by atoms with Crippen LogP contribution < -0.4 is 0 Å². The van der Waals surface area contributed by atoms with Crippen molar-refractivity contribution in [2.24, 2.45) is 0 Å². The van der Waals surface area contributed by atoms with Gasteiger partial charge in [0, 0.05) is 19.4 Å². The lowest BCUT2D eigenvalue weighted by molar-refractivity contribution is -0.163. The Labute approximate surface area is 373 Å². The van der Waals surface area contributed by atoms with Crippen molar-refractivity contribution < 1.29 is 23.8 Å². The monoisotopic (exact) mass is 839 g/mol. The average Bonchev–Trinajstić information content (AvgIpc) is 3.25. The van der Waals surface area contributed by atoms with Gasteiger partial charge in [-0.2, -0.15) is 0 Å². The van der Waals surface area contributed by atoms with Crippen LogP contribution in [0.5, 0.6) is 0 Å². The third-order valence-corrected chi connectivity index (χ3v) is 11.1. The van der Waals surface area contributed by atoms with Gasteiger partial charge >= 0.3 is 11.9 Å². The van der Waals surface area contributed by atoms with Crippen LogP contribution in [0.3, 0.4) is 0 Å². The SMILES string of the molecule is CC/C=C\C/C=C\C/C=C\C/C=C\C/C=C\CCCCCC(=O)OCC(COCCCCCCCCCCCC)OC(=O)CCCCCCCCCCCCCCCCC. The highest BCUT2D eigenvalue weighted by molar-refractivity contribution is 5.70. The minimum absolute atomic E-state index is 0.0709. The van der Waals surface area contributed by atoms with E-state index in [0.29, 0.717) is 19.4 Å². The third kappa shape index (κ3) is 48.3. The van der Waals surface area contributed by atoms with Gasteiger partial charge in [0.25, 0.3) is 0 Å². The highest BCUT2D eigenvalue weighted by atomic mass is 16.6. The van der Waals surface area contributed by atoms with E-state index in [-0.39, 0.29) is 25.2 Å². The summed E-state index contributed by atoms with van der Waals surface area (Å²) in [5.41, 5.74) is 0. The molecule has 5 nitrogen and oxygen atoms in total. The summed E-state index contributed by atoms with van der Waals surface area (Å²) in [5, 5.41) is 0. The van der Waals surface area contributed by atoms with Crippen LogP contribution in [0.15, 0.2) is 60.8 Å². The van der Waals surface area contributed by atoms with Gasteiger partial charge in [-0.1, -0.05) is 236 Å². The van der Waals surface area contributed by atoms with E-state index in [9.17, 15) is 9.59 Å². The van der Waals surface area contributed by atoms with Gasteiger partial charge in [0.15, 0.2) is 6.10 Å². The minimum atomic E-state index is -0.545. The van der Waals surface area contributed by atoms with E-state index >= 15 is 0 Å². The molecule has 0 saturated heterocycles. The van der Waals surface area contributed by atoms with Crippen LogP contribution in [0.25, 0.3) is 0 Å². The zero-order chi connectivity index (χ0) is 43.5. The van der Waals surface area contributed by atoms with Crippen LogP contribution in [0.1, 0.15) is 252 Å². The van der Waals surface area contributed by atoms with Crippen molar-refractivity contribution in [2.45, 2.75) is 258 Å². The Hall–Kier alpha value is -2.40. The van der Waals surface area contributed by atoms with Crippen LogP contribution in [0.4, 0.5) is 0 Å². The summed E-state index contributed by atoms with van der Waals surface area (Å²) in [6.45, 7) is 7.70. The van der Waals surface area contributed by atoms with E-state index < -0.39 is 6.10 Å². The number of hydrogen-bond donors (Lipinski definition) is 0. The van der Waals surface area contributed by atoms with Crippen LogP contribution in [-0.4, -0.2) is 37.9 Å². The Morgan fingerprint density at radius 3 is 1.20 bits per heavy atom. The minimum Gasteiger partial charge on any atom is -0.462 e. The second-order valence-corrected chi connectivity index (χ2v) is 17.1. The van der Waals surface area contributed by atoms with Crippen LogP contribution >= 0.6 is 0 Å². The molecule has 5 heteroatoms. The van der Waals surface area contributed by atoms with Crippen molar-refractivity contribution in [3.63, 3.8) is 0 Å². The molecule has 0 saturated carbocycles. The molecule has 0 aliphatic rings. The van der Waals surface area contributed by atoms with E-state index in [1.807, 2.05) is 0 Å². The molecule has 1 unspecified atom stereocenters. The molecule has 0 aliphatic heterocycles. The molecule has 0 aromatic carbocycles. The van der Waals surface area contributed by atoms with Gasteiger partial charge in [-0.05, 0) is 64.2 Å². The van der Waals surface area contributed by atoms with Crippen molar-refractivity contribution in [1.29, 1.82) is 0 Å². The second-order valence-electron chi connectivity index (χ2n) is 17.1. The number of hydrogen-bond acceptors (Lipinski definition) is 5. The molecule has 0 bridgehead atoms. The molecular formula is C55H98O5. The average molecular weight is 839 g/mol. The molecule has 0 spiro atoms. The Morgan fingerprint density at radius 1 is 0.383 bits per heavy atom. The summed E-state index contributed by atoms with van der Waals surface area (Å²) in [6, 6.07) is 0. The molecule has 0 aromatic rings. The van der Waals surface area contributed by atoms with E-state index in [4.69, 9.17) is 14.2 Å². The van der Waals surface area contributed by atoms with Gasteiger partial charge in [0.05, 0.1) is 6.61 Å². The van der Waals surface area contributed by atoms with Crippen molar-refractivity contribution in [2.75, 3.05) is 19.8 Å². The first-order chi connectivity index (χ1) is 29.6. The summed E-state index contributed by atoms with van der Waals surface area (Å²) in [7, 11) is 0. The van der Waals surface area contributed by atoms with Crippen LogP contribution in [0.2, 0.25) is 0 Å². The fourth-order valence-corrected chi connectivity index (χ4v) is 7.24. The van der Waals surface area contributed by atoms with Crippen molar-refractivity contribution >= 4 is 11.9 Å². The normalized spacial score (nSPS) is 12.7. The second kappa shape index (κ2) is 51.0. The van der Waals surface area contributed by atoms with Gasteiger partial charge in [-0.3, -0.25) is 9.59 Å². The van der Waals surface area contributed by atoms with Gasteiger partial charge in [0.1, 0.15) is 6.61 Å². The number of carbonyl (C=O) groups is 2. The van der Waals surface area contributed by atoms with E-state index in [1.54, 1.807) is 0 Å². The fourth-order valence-electron chi connectivity index (χ4n) is 7.24. The Morgan fingerprint density at radius 2 is 0.750 bits per heavy atom. The molecule has 0 N–H and O–H groups in total. The third-order valence-electron chi connectivity index (χ3n) is 11.1. The van der Waals surface area contributed by atoms with Gasteiger partial charge in [-0.15, -0.1) is 0 Å². The maximum Gasteiger partial charge on any atom is 0.306 e. The zero-order valence-corrected chi connectivity index (χ0v) is 40.0. The fraction of sp³-hybridized carbons (Fsp3) is 0.782. The van der Waals surface area contributed by atoms with Gasteiger partial charge in [-0.25, -0.2) is 0 Å². The first kappa shape index (κ1) is 57.6. The van der Waals surface area contributed by atoms with Crippen LogP contribution in [-0.2, 0) is 23.8 Å². The smallest absolute Gasteiger partial charge is 0.306 e. The molecule has 0 fully saturated rings. The number of unbranched alkanes of at least 4 members (excludes halogenated alkanes) is 26. The lowest BCUT2D eigenvalue weighted by Gasteiger charge is -2.18. The Bertz CT molecular complexity index is 1040. The zero-order valence-electron chi connectivity index (χ0n) is 40.0. The van der Waals surface area contributed by atoms with Crippen molar-refractivity contribution in [3.05, 3.63) is 60.8 Å². The van der Waals surface area contributed by atoms with E-state index in [1.165, 1.54) is 135 Å². The predicted octanol–water partition coefficient (Wildman–Crippen LogP) is 17.3. The topological polar surface area (TPSA) is 61.8 Å². The molecule has 0 aromatic heterocycles. The maximum absolute atomic E-state index is 12.8. The molecule has 0 heterocycles. The molecule has 1 atom stereocenters. The summed E-state index contributed by atoms with van der Waals surface area (Å²) < 4.78 is 17.4. The first-order valence-corrected chi connectivity index (χ1v) is 25.8. The Balaban J connectivity index is 4.26. The molecule has 0 amide bonds. The molecule has 348 valence electrons. The largest absolute Gasteiger partial charge is 0.462 e. The summed E-state index contributed by atoms with van der Waals surface area (Å²) >= 11 is 0. The van der Waals surface area contributed by atoms with E-state index in [2.05, 4.69) is 81.5 Å². The molecule has 0 radical (unpaired) electrons. The Kier molecular flexibility index (Phi) is 48.9. The summed E-state index contributed by atoms with van der Waals surface area (Å²) in [6.07, 6.45) is 63.7.